The summed E-state index contributed by atoms with van der Waals surface area (Å²) < 4.78 is 5.66. The van der Waals surface area contributed by atoms with Crippen molar-refractivity contribution in [1.29, 1.82) is 0 Å². The van der Waals surface area contributed by atoms with Gasteiger partial charge in [0, 0.05) is 17.6 Å². The predicted octanol–water partition coefficient (Wildman–Crippen LogP) is 4.23. The number of rotatable bonds is 7. The quantitative estimate of drug-likeness (QED) is 0.803. The Kier molecular flexibility index (Phi) is 6.49. The first-order valence-corrected chi connectivity index (χ1v) is 9.29. The van der Waals surface area contributed by atoms with Crippen molar-refractivity contribution in [3.05, 3.63) is 70.2 Å². The number of nitrogens with zero attached hydrogens (tertiary/aromatic N) is 1. The summed E-state index contributed by atoms with van der Waals surface area (Å²) in [6.45, 7) is 1.44. The highest BCUT2D eigenvalue weighted by molar-refractivity contribution is 6.30. The molecule has 0 unspecified atom stereocenters. The van der Waals surface area contributed by atoms with Crippen molar-refractivity contribution in [2.45, 2.75) is 38.0 Å². The smallest absolute Gasteiger partial charge is 0.0900 e. The fourth-order valence-electron chi connectivity index (χ4n) is 3.59. The fraction of sp³-hybridized carbons (Fsp3) is 0.429. The molecule has 3 nitrogen and oxygen atoms in total. The number of ether oxygens (including phenoxy) is 1. The van der Waals surface area contributed by atoms with Crippen LogP contribution in [0.15, 0.2) is 48.5 Å². The third-order valence-electron chi connectivity index (χ3n) is 4.86. The number of fused-ring (bicyclic) bond motifs is 1. The third kappa shape index (κ3) is 5.05. The first-order valence-electron chi connectivity index (χ1n) is 8.92. The molecule has 0 spiro atoms. The zero-order chi connectivity index (χ0) is 17.6. The molecule has 0 saturated carbocycles. The molecule has 0 aromatic heterocycles. The largest absolute Gasteiger partial charge is 0.389 e. The molecule has 0 fully saturated rings. The summed E-state index contributed by atoms with van der Waals surface area (Å²) in [7, 11) is 2.09. The summed E-state index contributed by atoms with van der Waals surface area (Å²) in [6.07, 6.45) is 3.01. The van der Waals surface area contributed by atoms with Gasteiger partial charge >= 0.3 is 0 Å². The van der Waals surface area contributed by atoms with Crippen molar-refractivity contribution in [3.63, 3.8) is 0 Å². The number of likely N-dealkylation sites (N-methyl/N-ethyl adjacent to an activating group) is 1. The van der Waals surface area contributed by atoms with E-state index in [0.29, 0.717) is 25.8 Å². The van der Waals surface area contributed by atoms with Crippen LogP contribution >= 0.6 is 11.6 Å². The van der Waals surface area contributed by atoms with E-state index in [1.165, 1.54) is 17.5 Å². The minimum Gasteiger partial charge on any atom is -0.389 e. The minimum atomic E-state index is -0.494. The van der Waals surface area contributed by atoms with Gasteiger partial charge in [0.1, 0.15) is 0 Å². The molecule has 4 heteroatoms. The predicted molar refractivity (Wildman–Crippen MR) is 102 cm³/mol. The second-order valence-corrected chi connectivity index (χ2v) is 7.28. The van der Waals surface area contributed by atoms with E-state index in [4.69, 9.17) is 16.3 Å². The maximum absolute atomic E-state index is 10.3. The molecule has 3 rings (SSSR count). The van der Waals surface area contributed by atoms with E-state index in [1.54, 1.807) is 0 Å². The SMILES string of the molecule is CN(C[C@H](O)COCc1ccc(Cl)cc1)[C@@H]1CCCc2ccccc21. The molecule has 0 radical (unpaired) electrons. The Morgan fingerprint density at radius 2 is 1.96 bits per heavy atom. The van der Waals surface area contributed by atoms with Crippen LogP contribution in [0.4, 0.5) is 0 Å². The molecule has 0 heterocycles. The Balaban J connectivity index is 1.48. The second-order valence-electron chi connectivity index (χ2n) is 6.84. The standard InChI is InChI=1S/C21H26ClNO2/c1-23(21-8-4-6-17-5-2-3-7-20(17)21)13-19(24)15-25-14-16-9-11-18(22)12-10-16/h2-3,5,7,9-12,19,21,24H,4,6,8,13-15H2,1H3/t19-,21+/m0/s1. The first kappa shape index (κ1) is 18.4. The van der Waals surface area contributed by atoms with Gasteiger partial charge < -0.3 is 9.84 Å². The van der Waals surface area contributed by atoms with Crippen LogP contribution in [0.1, 0.15) is 35.6 Å². The minimum absolute atomic E-state index is 0.335. The summed E-state index contributed by atoms with van der Waals surface area (Å²) in [6, 6.07) is 16.6. The molecule has 134 valence electrons. The van der Waals surface area contributed by atoms with E-state index in [0.717, 1.165) is 23.4 Å². The van der Waals surface area contributed by atoms with Gasteiger partial charge in [-0.3, -0.25) is 4.90 Å². The molecule has 25 heavy (non-hydrogen) atoms. The molecule has 0 aliphatic heterocycles. The number of aryl methyl sites for hydroxylation is 1. The zero-order valence-corrected chi connectivity index (χ0v) is 15.5. The lowest BCUT2D eigenvalue weighted by Gasteiger charge is -2.34. The molecule has 1 aliphatic carbocycles. The van der Waals surface area contributed by atoms with Crippen molar-refractivity contribution in [2.24, 2.45) is 0 Å². The average Bonchev–Trinajstić information content (AvgIpc) is 2.63. The van der Waals surface area contributed by atoms with Gasteiger partial charge in [0.25, 0.3) is 0 Å². The van der Waals surface area contributed by atoms with Crippen LogP contribution in [0.5, 0.6) is 0 Å². The van der Waals surface area contributed by atoms with Gasteiger partial charge in [0.05, 0.1) is 19.3 Å². The van der Waals surface area contributed by atoms with Crippen molar-refractivity contribution in [3.8, 4) is 0 Å². The number of hydrogen-bond donors (Lipinski definition) is 1. The summed E-state index contributed by atoms with van der Waals surface area (Å²) in [4.78, 5) is 2.26. The van der Waals surface area contributed by atoms with Crippen LogP contribution in [0.25, 0.3) is 0 Å². The molecular formula is C21H26ClNO2. The van der Waals surface area contributed by atoms with Gasteiger partial charge in [-0.15, -0.1) is 0 Å². The summed E-state index contributed by atoms with van der Waals surface area (Å²) in [5.41, 5.74) is 3.91. The topological polar surface area (TPSA) is 32.7 Å². The lowest BCUT2D eigenvalue weighted by Crippen LogP contribution is -2.36. The van der Waals surface area contributed by atoms with Gasteiger partial charge in [0.15, 0.2) is 0 Å². The van der Waals surface area contributed by atoms with Crippen molar-refractivity contribution >= 4 is 11.6 Å². The number of aliphatic hydroxyl groups is 1. The van der Waals surface area contributed by atoms with Gasteiger partial charge in [0.2, 0.25) is 0 Å². The normalized spacial score (nSPS) is 18.2. The highest BCUT2D eigenvalue weighted by Gasteiger charge is 2.24. The van der Waals surface area contributed by atoms with Gasteiger partial charge in [-0.1, -0.05) is 48.0 Å². The lowest BCUT2D eigenvalue weighted by atomic mass is 9.87. The average molecular weight is 360 g/mol. The molecule has 0 bridgehead atoms. The van der Waals surface area contributed by atoms with Crippen LogP contribution < -0.4 is 0 Å². The van der Waals surface area contributed by atoms with Crippen LogP contribution in [-0.4, -0.2) is 36.3 Å². The molecule has 2 aromatic carbocycles. The van der Waals surface area contributed by atoms with Crippen molar-refractivity contribution in [2.75, 3.05) is 20.2 Å². The van der Waals surface area contributed by atoms with Crippen LogP contribution in [0.2, 0.25) is 5.02 Å². The molecule has 2 aromatic rings. The van der Waals surface area contributed by atoms with E-state index in [2.05, 4.69) is 36.2 Å². The monoisotopic (exact) mass is 359 g/mol. The van der Waals surface area contributed by atoms with E-state index in [9.17, 15) is 5.11 Å². The Hall–Kier alpha value is -1.39. The highest BCUT2D eigenvalue weighted by atomic mass is 35.5. The lowest BCUT2D eigenvalue weighted by molar-refractivity contribution is 0.00617. The maximum atomic E-state index is 10.3. The van der Waals surface area contributed by atoms with E-state index >= 15 is 0 Å². The number of hydrogen-bond acceptors (Lipinski definition) is 3. The van der Waals surface area contributed by atoms with Crippen molar-refractivity contribution < 1.29 is 9.84 Å². The van der Waals surface area contributed by atoms with Crippen molar-refractivity contribution in [1.82, 2.24) is 4.90 Å². The molecule has 1 N–H and O–H groups in total. The molecular weight excluding hydrogens is 334 g/mol. The fourth-order valence-corrected chi connectivity index (χ4v) is 3.72. The highest BCUT2D eigenvalue weighted by Crippen LogP contribution is 2.33. The van der Waals surface area contributed by atoms with Gasteiger partial charge in [-0.25, -0.2) is 0 Å². The summed E-state index contributed by atoms with van der Waals surface area (Å²) in [5.74, 6) is 0. The Morgan fingerprint density at radius 3 is 2.76 bits per heavy atom. The second kappa shape index (κ2) is 8.81. The van der Waals surface area contributed by atoms with Crippen LogP contribution in [-0.2, 0) is 17.8 Å². The summed E-state index contributed by atoms with van der Waals surface area (Å²) in [5, 5.41) is 11.1. The number of halogens is 1. The Labute approximate surface area is 155 Å². The molecule has 1 aliphatic rings. The van der Waals surface area contributed by atoms with E-state index in [1.807, 2.05) is 24.3 Å². The Bertz CT molecular complexity index is 674. The van der Waals surface area contributed by atoms with Crippen LogP contribution in [0.3, 0.4) is 0 Å². The number of benzene rings is 2. The number of aliphatic hydroxyl groups excluding tert-OH is 1. The van der Waals surface area contributed by atoms with Gasteiger partial charge in [-0.2, -0.15) is 0 Å². The third-order valence-corrected chi connectivity index (χ3v) is 5.11. The van der Waals surface area contributed by atoms with Crippen LogP contribution in [0, 0.1) is 0 Å². The first-order chi connectivity index (χ1) is 12.1. The maximum Gasteiger partial charge on any atom is 0.0900 e. The van der Waals surface area contributed by atoms with E-state index < -0.39 is 6.10 Å². The zero-order valence-electron chi connectivity index (χ0n) is 14.7. The Morgan fingerprint density at radius 1 is 1.20 bits per heavy atom. The van der Waals surface area contributed by atoms with Gasteiger partial charge in [-0.05, 0) is 55.1 Å². The summed E-state index contributed by atoms with van der Waals surface area (Å²) >= 11 is 5.88. The van der Waals surface area contributed by atoms with E-state index in [-0.39, 0.29) is 0 Å². The molecule has 0 saturated heterocycles. The molecule has 2 atom stereocenters. The molecule has 0 amide bonds.